The van der Waals surface area contributed by atoms with Crippen LogP contribution in [0.2, 0.25) is 0 Å². The maximum absolute atomic E-state index is 12.0. The zero-order valence-corrected chi connectivity index (χ0v) is 15.7. The van der Waals surface area contributed by atoms with E-state index in [1.165, 1.54) is 16.7 Å². The molecule has 142 valence electrons. The molecule has 0 N–H and O–H groups in total. The molecule has 0 bridgehead atoms. The summed E-state index contributed by atoms with van der Waals surface area (Å²) in [4.78, 5) is 35.8. The van der Waals surface area contributed by atoms with E-state index in [4.69, 9.17) is 9.47 Å². The molecule has 6 heteroatoms. The van der Waals surface area contributed by atoms with E-state index in [1.54, 1.807) is 57.3 Å². The number of esters is 2. The second-order valence-electron chi connectivity index (χ2n) is 6.93. The number of pyridine rings is 1. The maximum Gasteiger partial charge on any atom is 0.338 e. The molecule has 0 spiro atoms. The third-order valence-corrected chi connectivity index (χ3v) is 3.49. The Morgan fingerprint density at radius 2 is 1.70 bits per heavy atom. The molecule has 1 aromatic heterocycles. The van der Waals surface area contributed by atoms with Crippen molar-refractivity contribution in [2.24, 2.45) is 0 Å². The summed E-state index contributed by atoms with van der Waals surface area (Å²) in [6.07, 6.45) is 3.09. The van der Waals surface area contributed by atoms with E-state index in [1.807, 2.05) is 0 Å². The minimum atomic E-state index is -0.617. The third kappa shape index (κ3) is 5.95. The summed E-state index contributed by atoms with van der Waals surface area (Å²) in [5.74, 6) is -0.918. The molecule has 0 atom stereocenters. The van der Waals surface area contributed by atoms with Gasteiger partial charge >= 0.3 is 11.9 Å². The number of benzene rings is 1. The summed E-state index contributed by atoms with van der Waals surface area (Å²) < 4.78 is 11.5. The second kappa shape index (κ2) is 8.49. The predicted molar refractivity (Wildman–Crippen MR) is 102 cm³/mol. The largest absolute Gasteiger partial charge is 0.459 e. The van der Waals surface area contributed by atoms with Crippen molar-refractivity contribution in [2.75, 3.05) is 6.61 Å². The van der Waals surface area contributed by atoms with Crippen molar-refractivity contribution < 1.29 is 19.1 Å². The van der Waals surface area contributed by atoms with E-state index in [-0.39, 0.29) is 18.7 Å². The van der Waals surface area contributed by atoms with Crippen molar-refractivity contribution in [1.82, 2.24) is 4.57 Å². The maximum atomic E-state index is 12.0. The first-order valence-electron chi connectivity index (χ1n) is 8.50. The molecule has 0 radical (unpaired) electrons. The van der Waals surface area contributed by atoms with E-state index >= 15 is 0 Å². The van der Waals surface area contributed by atoms with Gasteiger partial charge in [0.15, 0.2) is 0 Å². The minimum absolute atomic E-state index is 0.149. The lowest BCUT2D eigenvalue weighted by Gasteiger charge is -2.19. The molecule has 0 aliphatic heterocycles. The summed E-state index contributed by atoms with van der Waals surface area (Å²) in [6, 6.07) is 9.85. The molecule has 0 aliphatic rings. The van der Waals surface area contributed by atoms with Crippen LogP contribution >= 0.6 is 0 Å². The zero-order valence-electron chi connectivity index (χ0n) is 15.7. The minimum Gasteiger partial charge on any atom is -0.459 e. The fourth-order valence-electron chi connectivity index (χ4n) is 2.36. The van der Waals surface area contributed by atoms with E-state index in [9.17, 15) is 14.4 Å². The van der Waals surface area contributed by atoms with Gasteiger partial charge in [0.05, 0.1) is 5.56 Å². The zero-order chi connectivity index (χ0) is 20.0. The van der Waals surface area contributed by atoms with Crippen molar-refractivity contribution in [3.8, 4) is 11.1 Å². The quantitative estimate of drug-likeness (QED) is 0.577. The summed E-state index contributed by atoms with van der Waals surface area (Å²) >= 11 is 0. The van der Waals surface area contributed by atoms with E-state index in [0.717, 1.165) is 11.1 Å². The first-order chi connectivity index (χ1) is 12.7. The number of aromatic nitrogens is 1. The Morgan fingerprint density at radius 1 is 1.07 bits per heavy atom. The highest BCUT2D eigenvalue weighted by Crippen LogP contribution is 2.19. The van der Waals surface area contributed by atoms with Crippen LogP contribution in [0.25, 0.3) is 11.1 Å². The lowest BCUT2D eigenvalue weighted by atomic mass is 10.1. The van der Waals surface area contributed by atoms with Crippen LogP contribution in [-0.4, -0.2) is 28.7 Å². The van der Waals surface area contributed by atoms with Crippen LogP contribution in [-0.2, 0) is 20.8 Å². The normalized spacial score (nSPS) is 10.9. The Balaban J connectivity index is 2.19. The Labute approximate surface area is 158 Å². The molecule has 0 saturated carbocycles. The molecule has 0 fully saturated rings. The highest BCUT2D eigenvalue weighted by Gasteiger charge is 2.17. The van der Waals surface area contributed by atoms with Crippen LogP contribution in [0, 0.1) is 0 Å². The lowest BCUT2D eigenvalue weighted by molar-refractivity contribution is -0.155. The summed E-state index contributed by atoms with van der Waals surface area (Å²) in [5.41, 5.74) is 1.04. The average molecular weight is 369 g/mol. The SMILES string of the molecule is C=CCOC(=O)c1ccc(-c2ccc(=O)n(CC(=O)OC(C)(C)C)c2)cc1. The van der Waals surface area contributed by atoms with Gasteiger partial charge < -0.3 is 14.0 Å². The fourth-order valence-corrected chi connectivity index (χ4v) is 2.36. The molecule has 6 nitrogen and oxygen atoms in total. The van der Waals surface area contributed by atoms with Gasteiger partial charge in [-0.15, -0.1) is 0 Å². The molecule has 1 aromatic carbocycles. The number of carbonyl (C=O) groups excluding carboxylic acids is 2. The number of nitrogens with zero attached hydrogens (tertiary/aromatic N) is 1. The van der Waals surface area contributed by atoms with Gasteiger partial charge in [0.25, 0.3) is 5.56 Å². The number of carbonyl (C=O) groups is 2. The molecular weight excluding hydrogens is 346 g/mol. The van der Waals surface area contributed by atoms with E-state index in [0.29, 0.717) is 5.56 Å². The number of rotatable bonds is 6. The van der Waals surface area contributed by atoms with Crippen molar-refractivity contribution >= 4 is 11.9 Å². The van der Waals surface area contributed by atoms with Crippen molar-refractivity contribution in [3.05, 3.63) is 71.2 Å². The van der Waals surface area contributed by atoms with E-state index in [2.05, 4.69) is 6.58 Å². The molecule has 0 saturated heterocycles. The van der Waals surface area contributed by atoms with Gasteiger partial charge in [-0.2, -0.15) is 0 Å². The Morgan fingerprint density at radius 3 is 2.30 bits per heavy atom. The topological polar surface area (TPSA) is 74.6 Å². The second-order valence-corrected chi connectivity index (χ2v) is 6.93. The summed E-state index contributed by atoms with van der Waals surface area (Å²) in [5, 5.41) is 0. The third-order valence-electron chi connectivity index (χ3n) is 3.49. The lowest BCUT2D eigenvalue weighted by Crippen LogP contribution is -2.30. The van der Waals surface area contributed by atoms with Gasteiger partial charge in [-0.3, -0.25) is 9.59 Å². The van der Waals surface area contributed by atoms with Gasteiger partial charge in [-0.05, 0) is 50.1 Å². The van der Waals surface area contributed by atoms with Gasteiger partial charge in [-0.25, -0.2) is 4.79 Å². The number of hydrogen-bond acceptors (Lipinski definition) is 5. The smallest absolute Gasteiger partial charge is 0.338 e. The summed E-state index contributed by atoms with van der Waals surface area (Å²) in [7, 11) is 0. The fraction of sp³-hybridized carbons (Fsp3) is 0.286. The molecule has 0 unspecified atom stereocenters. The predicted octanol–water partition coefficient (Wildman–Crippen LogP) is 3.20. The van der Waals surface area contributed by atoms with E-state index < -0.39 is 17.5 Å². The summed E-state index contributed by atoms with van der Waals surface area (Å²) in [6.45, 7) is 8.78. The molecule has 0 aliphatic carbocycles. The highest BCUT2D eigenvalue weighted by atomic mass is 16.6. The Hall–Kier alpha value is -3.15. The van der Waals surface area contributed by atoms with Crippen LogP contribution in [0.1, 0.15) is 31.1 Å². The van der Waals surface area contributed by atoms with Crippen LogP contribution in [0.15, 0.2) is 60.0 Å². The molecule has 0 amide bonds. The van der Waals surface area contributed by atoms with Crippen LogP contribution in [0.3, 0.4) is 0 Å². The first-order valence-corrected chi connectivity index (χ1v) is 8.50. The van der Waals surface area contributed by atoms with Crippen molar-refractivity contribution in [2.45, 2.75) is 32.9 Å². The molecule has 1 heterocycles. The van der Waals surface area contributed by atoms with Crippen molar-refractivity contribution in [1.29, 1.82) is 0 Å². The monoisotopic (exact) mass is 369 g/mol. The van der Waals surface area contributed by atoms with Crippen LogP contribution in [0.5, 0.6) is 0 Å². The van der Waals surface area contributed by atoms with Crippen molar-refractivity contribution in [3.63, 3.8) is 0 Å². The highest BCUT2D eigenvalue weighted by molar-refractivity contribution is 5.90. The molecule has 2 rings (SSSR count). The first kappa shape index (κ1) is 20.2. The standard InChI is InChI=1S/C21H23NO5/c1-5-12-26-20(25)16-8-6-15(7-9-16)17-10-11-18(23)22(13-17)14-19(24)27-21(2,3)4/h5-11,13H,1,12,14H2,2-4H3. The molecule has 2 aromatic rings. The van der Waals surface area contributed by atoms with Gasteiger partial charge in [0, 0.05) is 12.3 Å². The molecule has 27 heavy (non-hydrogen) atoms. The van der Waals surface area contributed by atoms with Gasteiger partial charge in [0.1, 0.15) is 18.8 Å². The van der Waals surface area contributed by atoms with Gasteiger partial charge in [0.2, 0.25) is 0 Å². The van der Waals surface area contributed by atoms with Crippen LogP contribution in [0.4, 0.5) is 0 Å². The average Bonchev–Trinajstić information content (AvgIpc) is 2.60. The van der Waals surface area contributed by atoms with Crippen LogP contribution < -0.4 is 5.56 Å². The molecular formula is C21H23NO5. The number of ether oxygens (including phenoxy) is 2. The number of hydrogen-bond donors (Lipinski definition) is 0. The Bertz CT molecular complexity index is 888. The Kier molecular flexibility index (Phi) is 6.34. The van der Waals surface area contributed by atoms with Gasteiger partial charge in [-0.1, -0.05) is 24.8 Å².